The minimum Gasteiger partial charge on any atom is -0.488 e. The molecule has 18 heavy (non-hydrogen) atoms. The molecule has 0 aromatic heterocycles. The summed E-state index contributed by atoms with van der Waals surface area (Å²) in [5.41, 5.74) is 4.42. The number of nitriles is 1. The molecule has 1 aromatic carbocycles. The standard InChI is InChI=1S/C10H9Br2N3O3/c1-10(14,4-13)5-18-9-7(11)2-6(15(16)17)3-8(9)12/h2-3H,5,14H2,1H3. The van der Waals surface area contributed by atoms with Crippen molar-refractivity contribution in [1.82, 2.24) is 0 Å². The molecule has 2 N–H and O–H groups in total. The first-order valence-corrected chi connectivity index (χ1v) is 6.32. The van der Waals surface area contributed by atoms with E-state index in [9.17, 15) is 10.1 Å². The number of hydrogen-bond acceptors (Lipinski definition) is 5. The molecule has 8 heteroatoms. The summed E-state index contributed by atoms with van der Waals surface area (Å²) in [6, 6.07) is 4.53. The van der Waals surface area contributed by atoms with E-state index in [0.717, 1.165) is 0 Å². The van der Waals surface area contributed by atoms with Gasteiger partial charge in [-0.2, -0.15) is 5.26 Å². The fraction of sp³-hybridized carbons (Fsp3) is 0.300. The number of rotatable bonds is 4. The van der Waals surface area contributed by atoms with Crippen LogP contribution in [-0.2, 0) is 0 Å². The smallest absolute Gasteiger partial charge is 0.271 e. The molecule has 0 spiro atoms. The minimum absolute atomic E-state index is 0.0293. The van der Waals surface area contributed by atoms with E-state index < -0.39 is 10.5 Å². The zero-order valence-corrected chi connectivity index (χ0v) is 12.5. The Morgan fingerprint density at radius 2 is 2.06 bits per heavy atom. The summed E-state index contributed by atoms with van der Waals surface area (Å²) in [6.45, 7) is 1.50. The van der Waals surface area contributed by atoms with E-state index in [1.165, 1.54) is 19.1 Å². The van der Waals surface area contributed by atoms with Crippen LogP contribution in [0, 0.1) is 21.4 Å². The molecule has 0 radical (unpaired) electrons. The topological polar surface area (TPSA) is 102 Å². The molecule has 0 bridgehead atoms. The highest BCUT2D eigenvalue weighted by atomic mass is 79.9. The summed E-state index contributed by atoms with van der Waals surface area (Å²) in [6.07, 6.45) is 0. The van der Waals surface area contributed by atoms with Crippen molar-refractivity contribution >= 4 is 37.5 Å². The van der Waals surface area contributed by atoms with E-state index in [1.54, 1.807) is 0 Å². The Hall–Kier alpha value is -1.17. The molecule has 0 aliphatic heterocycles. The van der Waals surface area contributed by atoms with Crippen LogP contribution in [0.1, 0.15) is 6.92 Å². The van der Waals surface area contributed by atoms with Gasteiger partial charge in [-0.1, -0.05) is 0 Å². The predicted octanol–water partition coefficient (Wildman–Crippen LogP) is 2.74. The second kappa shape index (κ2) is 5.65. The molecular weight excluding hydrogens is 370 g/mol. The normalized spacial score (nSPS) is 13.5. The molecular formula is C10H9Br2N3O3. The lowest BCUT2D eigenvalue weighted by Crippen LogP contribution is -2.40. The third kappa shape index (κ3) is 3.66. The van der Waals surface area contributed by atoms with Crippen molar-refractivity contribution in [2.75, 3.05) is 6.61 Å². The molecule has 0 fully saturated rings. The average Bonchev–Trinajstić information content (AvgIpc) is 2.27. The third-order valence-electron chi connectivity index (χ3n) is 1.97. The van der Waals surface area contributed by atoms with E-state index in [1.807, 2.05) is 6.07 Å². The van der Waals surface area contributed by atoms with Gasteiger partial charge in [-0.15, -0.1) is 0 Å². The van der Waals surface area contributed by atoms with Crippen LogP contribution in [0.3, 0.4) is 0 Å². The van der Waals surface area contributed by atoms with Crippen LogP contribution in [0.2, 0.25) is 0 Å². The van der Waals surface area contributed by atoms with Gasteiger partial charge >= 0.3 is 0 Å². The Labute approximate surface area is 120 Å². The number of non-ortho nitro benzene ring substituents is 1. The lowest BCUT2D eigenvalue weighted by Gasteiger charge is -2.17. The number of nitrogens with two attached hydrogens (primary N) is 1. The number of hydrogen-bond donors (Lipinski definition) is 1. The Bertz CT molecular complexity index is 503. The highest BCUT2D eigenvalue weighted by Gasteiger charge is 2.21. The van der Waals surface area contributed by atoms with Gasteiger partial charge in [0.2, 0.25) is 0 Å². The first-order chi connectivity index (χ1) is 8.26. The molecule has 0 saturated carbocycles. The third-order valence-corrected chi connectivity index (χ3v) is 3.14. The number of halogens is 2. The zero-order chi connectivity index (χ0) is 13.9. The Balaban J connectivity index is 2.99. The van der Waals surface area contributed by atoms with Gasteiger partial charge in [0.05, 0.1) is 19.9 Å². The van der Waals surface area contributed by atoms with Gasteiger partial charge in [0.15, 0.2) is 0 Å². The largest absolute Gasteiger partial charge is 0.488 e. The van der Waals surface area contributed by atoms with Crippen molar-refractivity contribution in [2.45, 2.75) is 12.5 Å². The highest BCUT2D eigenvalue weighted by Crippen LogP contribution is 2.37. The lowest BCUT2D eigenvalue weighted by molar-refractivity contribution is -0.385. The van der Waals surface area contributed by atoms with E-state index >= 15 is 0 Å². The van der Waals surface area contributed by atoms with Crippen molar-refractivity contribution in [3.63, 3.8) is 0 Å². The van der Waals surface area contributed by atoms with Crippen LogP contribution in [-0.4, -0.2) is 17.1 Å². The van der Waals surface area contributed by atoms with Crippen LogP contribution >= 0.6 is 31.9 Å². The van der Waals surface area contributed by atoms with Gasteiger partial charge in [-0.05, 0) is 38.8 Å². The monoisotopic (exact) mass is 377 g/mol. The number of ether oxygens (including phenoxy) is 1. The average molecular weight is 379 g/mol. The summed E-state index contributed by atoms with van der Waals surface area (Å²) >= 11 is 6.35. The Kier molecular flexibility index (Phi) is 4.67. The maximum atomic E-state index is 10.6. The number of nitrogens with zero attached hydrogens (tertiary/aromatic N) is 2. The maximum absolute atomic E-state index is 10.6. The molecule has 0 saturated heterocycles. The summed E-state index contributed by atoms with van der Waals surface area (Å²) < 4.78 is 6.22. The van der Waals surface area contributed by atoms with Crippen LogP contribution in [0.25, 0.3) is 0 Å². The van der Waals surface area contributed by atoms with E-state index in [-0.39, 0.29) is 12.3 Å². The minimum atomic E-state index is -1.12. The number of nitro benzene ring substituents is 1. The SMILES string of the molecule is CC(N)(C#N)COc1c(Br)cc([N+](=O)[O-])cc1Br. The first kappa shape index (κ1) is 14.9. The van der Waals surface area contributed by atoms with Crippen LogP contribution in [0.5, 0.6) is 5.75 Å². The Morgan fingerprint density at radius 1 is 1.56 bits per heavy atom. The van der Waals surface area contributed by atoms with Crippen molar-refractivity contribution in [2.24, 2.45) is 5.73 Å². The quantitative estimate of drug-likeness (QED) is 0.640. The van der Waals surface area contributed by atoms with Gasteiger partial charge in [0, 0.05) is 12.1 Å². The second-order valence-electron chi connectivity index (χ2n) is 3.81. The number of nitro groups is 1. The molecule has 1 atom stereocenters. The molecule has 1 aromatic rings. The van der Waals surface area contributed by atoms with Crippen LogP contribution in [0.15, 0.2) is 21.1 Å². The van der Waals surface area contributed by atoms with E-state index in [4.69, 9.17) is 15.7 Å². The van der Waals surface area contributed by atoms with Gasteiger partial charge in [-0.3, -0.25) is 10.1 Å². The van der Waals surface area contributed by atoms with Gasteiger partial charge in [-0.25, -0.2) is 0 Å². The van der Waals surface area contributed by atoms with E-state index in [0.29, 0.717) is 14.7 Å². The fourth-order valence-electron chi connectivity index (χ4n) is 1.04. The molecule has 6 nitrogen and oxygen atoms in total. The molecule has 96 valence electrons. The van der Waals surface area contributed by atoms with Gasteiger partial charge in [0.1, 0.15) is 17.9 Å². The fourth-order valence-corrected chi connectivity index (χ4v) is 2.44. The van der Waals surface area contributed by atoms with Crippen molar-refractivity contribution < 1.29 is 9.66 Å². The molecule has 0 aliphatic carbocycles. The highest BCUT2D eigenvalue weighted by molar-refractivity contribution is 9.11. The lowest BCUT2D eigenvalue weighted by atomic mass is 10.1. The maximum Gasteiger partial charge on any atom is 0.271 e. The molecule has 0 amide bonds. The van der Waals surface area contributed by atoms with Gasteiger partial charge in [0.25, 0.3) is 5.69 Å². The van der Waals surface area contributed by atoms with Crippen LogP contribution in [0.4, 0.5) is 5.69 Å². The predicted molar refractivity (Wildman–Crippen MR) is 72.2 cm³/mol. The van der Waals surface area contributed by atoms with E-state index in [2.05, 4.69) is 31.9 Å². The summed E-state index contributed by atoms with van der Waals surface area (Å²) in [5, 5.41) is 19.4. The molecule has 1 unspecified atom stereocenters. The van der Waals surface area contributed by atoms with Gasteiger partial charge < -0.3 is 10.5 Å². The molecule has 0 aliphatic rings. The van der Waals surface area contributed by atoms with Crippen molar-refractivity contribution in [1.29, 1.82) is 5.26 Å². The second-order valence-corrected chi connectivity index (χ2v) is 5.52. The van der Waals surface area contributed by atoms with Crippen LogP contribution < -0.4 is 10.5 Å². The molecule has 1 rings (SSSR count). The summed E-state index contributed by atoms with van der Waals surface area (Å²) in [5.74, 6) is 0.368. The van der Waals surface area contributed by atoms with Crippen molar-refractivity contribution in [3.8, 4) is 11.8 Å². The summed E-state index contributed by atoms with van der Waals surface area (Å²) in [4.78, 5) is 10.1. The summed E-state index contributed by atoms with van der Waals surface area (Å²) in [7, 11) is 0. The number of benzene rings is 1. The zero-order valence-electron chi connectivity index (χ0n) is 9.31. The molecule has 0 heterocycles. The Morgan fingerprint density at radius 3 is 2.44 bits per heavy atom. The first-order valence-electron chi connectivity index (χ1n) is 4.73. The van der Waals surface area contributed by atoms with Crippen molar-refractivity contribution in [3.05, 3.63) is 31.2 Å².